The first-order chi connectivity index (χ1) is 13.4. The number of benzene rings is 2. The fourth-order valence-corrected chi connectivity index (χ4v) is 3.40. The Morgan fingerprint density at radius 1 is 1.04 bits per heavy atom. The minimum atomic E-state index is 0. The van der Waals surface area contributed by atoms with E-state index < -0.39 is 0 Å². The van der Waals surface area contributed by atoms with Crippen molar-refractivity contribution < 1.29 is 2.85 Å². The Bertz CT molecular complexity index is 883. The van der Waals surface area contributed by atoms with Crippen LogP contribution in [0.5, 0.6) is 0 Å². The Balaban J connectivity index is 0.00000210. The van der Waals surface area contributed by atoms with E-state index in [0.29, 0.717) is 6.54 Å². The Morgan fingerprint density at radius 3 is 2.70 bits per heavy atom. The van der Waals surface area contributed by atoms with Crippen LogP contribution in [0.15, 0.2) is 76.0 Å². The van der Waals surface area contributed by atoms with Gasteiger partial charge in [0.2, 0.25) is 0 Å². The number of hydrogen-bond acceptors (Lipinski definition) is 4. The Morgan fingerprint density at radius 2 is 1.93 bits per heavy atom. The first-order valence-corrected chi connectivity index (χ1v) is 9.66. The van der Waals surface area contributed by atoms with Gasteiger partial charge in [0.05, 0.1) is 12.9 Å². The average Bonchev–Trinajstić information content (AvgIpc) is 3.25. The maximum absolute atomic E-state index is 5.18. The lowest BCUT2D eigenvalue weighted by Gasteiger charge is -2.14. The predicted octanol–water partition coefficient (Wildman–Crippen LogP) is 4.95. The molecule has 0 aliphatic rings. The van der Waals surface area contributed by atoms with Gasteiger partial charge in [0.25, 0.3) is 0 Å². The summed E-state index contributed by atoms with van der Waals surface area (Å²) < 4.78 is 0. The van der Waals surface area contributed by atoms with Gasteiger partial charge in [-0.05, 0) is 35.2 Å². The number of rotatable bonds is 9. The Hall–Kier alpha value is -3.12. The van der Waals surface area contributed by atoms with E-state index in [4.69, 9.17) is 5.73 Å². The van der Waals surface area contributed by atoms with Crippen molar-refractivity contribution in [2.24, 2.45) is 15.7 Å². The van der Waals surface area contributed by atoms with Gasteiger partial charge in [-0.15, -0.1) is 11.3 Å². The average molecular weight is 382 g/mol. The molecule has 0 unspecified atom stereocenters. The summed E-state index contributed by atoms with van der Waals surface area (Å²) in [5, 5.41) is 9.06. The second kappa shape index (κ2) is 10.1. The Labute approximate surface area is 166 Å². The maximum atomic E-state index is 5.18. The molecule has 0 saturated heterocycles. The third kappa shape index (κ3) is 5.69. The second-order valence-electron chi connectivity index (χ2n) is 5.82. The lowest BCUT2D eigenvalue weighted by atomic mass is 10.1. The lowest BCUT2D eigenvalue weighted by molar-refractivity contribution is 1.03. The molecular formula is C21H27N5S. The smallest absolute Gasteiger partial charge is 0.111 e. The zero-order chi connectivity index (χ0) is 18.7. The summed E-state index contributed by atoms with van der Waals surface area (Å²) >= 11 is 1.73. The normalized spacial score (nSPS) is 11.3. The van der Waals surface area contributed by atoms with Crippen molar-refractivity contribution in [2.45, 2.75) is 6.54 Å². The Kier molecular flexibility index (Phi) is 7.00. The monoisotopic (exact) mass is 381 g/mol. The van der Waals surface area contributed by atoms with Gasteiger partial charge in [-0.25, -0.2) is 4.99 Å². The van der Waals surface area contributed by atoms with Gasteiger partial charge in [-0.2, -0.15) is 0 Å². The molecule has 1 aromatic heterocycles. The molecule has 0 saturated carbocycles. The van der Waals surface area contributed by atoms with Crippen molar-refractivity contribution in [3.8, 4) is 10.4 Å². The molecule has 1 heterocycles. The third-order valence-electron chi connectivity index (χ3n) is 3.94. The first-order valence-electron chi connectivity index (χ1n) is 8.78. The number of thiophene rings is 1. The molecule has 0 radical (unpaired) electrons. The predicted molar refractivity (Wildman–Crippen MR) is 122 cm³/mol. The number of nitrogens with zero attached hydrogens (tertiary/aromatic N) is 2. The van der Waals surface area contributed by atoms with E-state index in [1.54, 1.807) is 11.3 Å². The molecule has 2 aromatic carbocycles. The highest BCUT2D eigenvalue weighted by molar-refractivity contribution is 7.13. The molecule has 0 aliphatic heterocycles. The minimum absolute atomic E-state index is 0. The van der Waals surface area contributed by atoms with E-state index in [0.717, 1.165) is 24.5 Å². The van der Waals surface area contributed by atoms with Crippen LogP contribution in [0.25, 0.3) is 10.4 Å². The van der Waals surface area contributed by atoms with Crippen LogP contribution in [0.1, 0.15) is 8.42 Å². The van der Waals surface area contributed by atoms with Gasteiger partial charge in [0.1, 0.15) is 6.34 Å². The van der Waals surface area contributed by atoms with Gasteiger partial charge < -0.3 is 16.4 Å². The molecule has 0 aliphatic carbocycles. The third-order valence-corrected chi connectivity index (χ3v) is 4.84. The first kappa shape index (κ1) is 18.7. The van der Waals surface area contributed by atoms with E-state index in [1.807, 2.05) is 6.07 Å². The quantitative estimate of drug-likeness (QED) is 0.279. The van der Waals surface area contributed by atoms with Crippen LogP contribution in [0.2, 0.25) is 0 Å². The molecule has 0 spiro atoms. The summed E-state index contributed by atoms with van der Waals surface area (Å²) in [6.07, 6.45) is 2.70. The van der Waals surface area contributed by atoms with Crippen molar-refractivity contribution in [2.75, 3.05) is 23.7 Å². The molecule has 0 fully saturated rings. The van der Waals surface area contributed by atoms with E-state index >= 15 is 0 Å². The maximum Gasteiger partial charge on any atom is 0.111 e. The van der Waals surface area contributed by atoms with Crippen molar-refractivity contribution in [3.05, 3.63) is 71.6 Å². The summed E-state index contributed by atoms with van der Waals surface area (Å²) in [4.78, 5) is 9.17. The fraction of sp³-hybridized carbons (Fsp3) is 0.143. The summed E-state index contributed by atoms with van der Waals surface area (Å²) in [5.74, 6) is 0. The highest BCUT2D eigenvalue weighted by Gasteiger charge is 2.07. The van der Waals surface area contributed by atoms with Crippen LogP contribution in [0.3, 0.4) is 0 Å². The largest absolute Gasteiger partial charge is 0.390 e. The molecule has 0 atom stereocenters. The van der Waals surface area contributed by atoms with Crippen LogP contribution in [0.4, 0.5) is 11.4 Å². The molecule has 6 heteroatoms. The summed E-state index contributed by atoms with van der Waals surface area (Å²) in [5.41, 5.74) is 9.83. The van der Waals surface area contributed by atoms with E-state index in [9.17, 15) is 0 Å². The molecule has 0 amide bonds. The second-order valence-corrected chi connectivity index (χ2v) is 6.77. The highest BCUT2D eigenvalue weighted by atomic mass is 32.1. The van der Waals surface area contributed by atoms with Gasteiger partial charge in [-0.3, -0.25) is 4.99 Å². The molecule has 4 N–H and O–H groups in total. The topological polar surface area (TPSA) is 74.8 Å². The van der Waals surface area contributed by atoms with Gasteiger partial charge in [-0.1, -0.05) is 36.4 Å². The number of nitrogens with one attached hydrogen (secondary N) is 2. The van der Waals surface area contributed by atoms with Crippen molar-refractivity contribution >= 4 is 35.4 Å². The SMILES string of the molecule is NC=NC=NCCNc1ccc(NCc2ccccc2)cc1-c1cccs1.[HH].[HH]. The minimum Gasteiger partial charge on any atom is -0.390 e. The number of anilines is 2. The highest BCUT2D eigenvalue weighted by Crippen LogP contribution is 2.34. The molecule has 3 aromatic rings. The molecule has 5 nitrogen and oxygen atoms in total. The van der Waals surface area contributed by atoms with Crippen molar-refractivity contribution in [1.82, 2.24) is 0 Å². The van der Waals surface area contributed by atoms with Crippen LogP contribution < -0.4 is 16.4 Å². The van der Waals surface area contributed by atoms with Gasteiger partial charge >= 0.3 is 0 Å². The molecule has 27 heavy (non-hydrogen) atoms. The fourth-order valence-electron chi connectivity index (χ4n) is 2.64. The van der Waals surface area contributed by atoms with E-state index in [1.165, 1.54) is 28.7 Å². The van der Waals surface area contributed by atoms with E-state index in [2.05, 4.69) is 80.6 Å². The molecule has 142 valence electrons. The molecule has 3 rings (SSSR count). The zero-order valence-electron chi connectivity index (χ0n) is 15.0. The molecule has 0 bridgehead atoms. The van der Waals surface area contributed by atoms with Crippen molar-refractivity contribution in [1.29, 1.82) is 0 Å². The van der Waals surface area contributed by atoms with Crippen molar-refractivity contribution in [3.63, 3.8) is 0 Å². The van der Waals surface area contributed by atoms with Crippen LogP contribution >= 0.6 is 11.3 Å². The van der Waals surface area contributed by atoms with Crippen LogP contribution in [-0.4, -0.2) is 25.8 Å². The zero-order valence-corrected chi connectivity index (χ0v) is 15.8. The lowest BCUT2D eigenvalue weighted by Crippen LogP contribution is -2.06. The van der Waals surface area contributed by atoms with Gasteiger partial charge in [0.15, 0.2) is 0 Å². The van der Waals surface area contributed by atoms with Gasteiger partial charge in [0, 0.05) is 37.8 Å². The number of hydrogen-bond donors (Lipinski definition) is 3. The summed E-state index contributed by atoms with van der Waals surface area (Å²) in [6, 6.07) is 21.0. The summed E-state index contributed by atoms with van der Waals surface area (Å²) in [7, 11) is 0. The number of aliphatic imine (C=N–C) groups is 2. The van der Waals surface area contributed by atoms with Crippen LogP contribution in [-0.2, 0) is 6.54 Å². The molecular weight excluding hydrogens is 354 g/mol. The van der Waals surface area contributed by atoms with E-state index in [-0.39, 0.29) is 2.85 Å². The summed E-state index contributed by atoms with van der Waals surface area (Å²) in [6.45, 7) is 2.16. The van der Waals surface area contributed by atoms with Crippen LogP contribution in [0, 0.1) is 0 Å². The number of nitrogens with two attached hydrogens (primary N) is 1. The standard InChI is InChI=1S/C21H23N5S.2H2/c22-15-24-16-23-10-11-25-20-9-8-18(13-19(20)21-7-4-12-27-21)26-14-17-5-2-1-3-6-17;;/h1-9,12-13,15-16,25-26H,10-11,14H2,(H2,22,23,24);2*1H.